The van der Waals surface area contributed by atoms with Crippen molar-refractivity contribution in [3.8, 4) is 22.1 Å². The van der Waals surface area contributed by atoms with Crippen molar-refractivity contribution >= 4 is 55.7 Å². The maximum Gasteiger partial charge on any atom is 0.239 e. The molecule has 0 bridgehead atoms. The molecule has 10 heteroatoms. The molecule has 160 valence electrons. The monoisotopic (exact) mass is 472 g/mol. The second-order valence-electron chi connectivity index (χ2n) is 6.43. The van der Waals surface area contributed by atoms with E-state index in [-0.39, 0.29) is 11.2 Å². The number of fused-ring (bicyclic) bond motifs is 1. The fraction of sp³-hybridized carbons (Fsp3) is 0.238. The van der Waals surface area contributed by atoms with Crippen LogP contribution in [0.15, 0.2) is 46.8 Å². The number of carbonyl (C=O) groups is 1. The summed E-state index contributed by atoms with van der Waals surface area (Å²) in [6, 6.07) is 13.5. The summed E-state index contributed by atoms with van der Waals surface area (Å²) in [5, 5.41) is 12.1. The van der Waals surface area contributed by atoms with Gasteiger partial charge in [-0.05, 0) is 30.7 Å². The Kier molecular flexibility index (Phi) is 6.69. The Bertz CT molecular complexity index is 1170. The van der Waals surface area contributed by atoms with Gasteiger partial charge in [-0.3, -0.25) is 10.1 Å². The first-order valence-corrected chi connectivity index (χ1v) is 12.0. The summed E-state index contributed by atoms with van der Waals surface area (Å²) in [6.07, 6.45) is 0.671. The number of thioether (sulfide) groups is 1. The zero-order valence-corrected chi connectivity index (χ0v) is 19.6. The average molecular weight is 473 g/mol. The topological polar surface area (TPSA) is 86.2 Å². The molecule has 31 heavy (non-hydrogen) atoms. The third kappa shape index (κ3) is 4.81. The number of thiazole rings is 1. The minimum absolute atomic E-state index is 0.115. The SMILES string of the molecule is CCC(Sc1nc2ccccc2s1)C(=O)Nc1nnc(-c2ccc(OC)cc2OC)s1. The Morgan fingerprint density at radius 2 is 1.97 bits per heavy atom. The number of rotatable bonds is 8. The second kappa shape index (κ2) is 9.63. The van der Waals surface area contributed by atoms with Crippen molar-refractivity contribution in [2.24, 2.45) is 0 Å². The lowest BCUT2D eigenvalue weighted by atomic mass is 10.2. The molecule has 0 aliphatic heterocycles. The lowest BCUT2D eigenvalue weighted by Crippen LogP contribution is -2.24. The molecule has 0 radical (unpaired) electrons. The summed E-state index contributed by atoms with van der Waals surface area (Å²) >= 11 is 4.37. The minimum atomic E-state index is -0.275. The van der Waals surface area contributed by atoms with Crippen LogP contribution in [0.25, 0.3) is 20.8 Å². The van der Waals surface area contributed by atoms with E-state index in [0.717, 1.165) is 20.1 Å². The Balaban J connectivity index is 1.47. The van der Waals surface area contributed by atoms with E-state index in [0.29, 0.717) is 28.1 Å². The molecule has 4 aromatic rings. The molecule has 1 atom stereocenters. The van der Waals surface area contributed by atoms with Gasteiger partial charge in [0.2, 0.25) is 11.0 Å². The Labute approximate surface area is 191 Å². The summed E-state index contributed by atoms with van der Waals surface area (Å²) in [4.78, 5) is 17.5. The van der Waals surface area contributed by atoms with Gasteiger partial charge in [0.25, 0.3) is 0 Å². The van der Waals surface area contributed by atoms with Gasteiger partial charge in [-0.2, -0.15) is 0 Å². The maximum absolute atomic E-state index is 12.9. The van der Waals surface area contributed by atoms with Gasteiger partial charge in [-0.1, -0.05) is 42.2 Å². The van der Waals surface area contributed by atoms with Crippen LogP contribution in [0.3, 0.4) is 0 Å². The van der Waals surface area contributed by atoms with E-state index in [1.807, 2.05) is 43.3 Å². The van der Waals surface area contributed by atoms with Crippen molar-refractivity contribution in [3.05, 3.63) is 42.5 Å². The van der Waals surface area contributed by atoms with Crippen LogP contribution in [0.4, 0.5) is 5.13 Å². The van der Waals surface area contributed by atoms with Crippen LogP contribution >= 0.6 is 34.4 Å². The Hall–Kier alpha value is -2.69. The normalized spacial score (nSPS) is 12.0. The van der Waals surface area contributed by atoms with Gasteiger partial charge in [-0.15, -0.1) is 21.5 Å². The number of ether oxygens (including phenoxy) is 2. The predicted molar refractivity (Wildman–Crippen MR) is 127 cm³/mol. The smallest absolute Gasteiger partial charge is 0.239 e. The molecule has 0 saturated heterocycles. The van der Waals surface area contributed by atoms with Crippen LogP contribution < -0.4 is 14.8 Å². The van der Waals surface area contributed by atoms with Crippen molar-refractivity contribution in [1.29, 1.82) is 0 Å². The van der Waals surface area contributed by atoms with Crippen molar-refractivity contribution in [2.45, 2.75) is 22.9 Å². The zero-order valence-electron chi connectivity index (χ0n) is 17.1. The standard InChI is InChI=1S/C21H20N4O3S3/c1-4-16(29-21-22-14-7-5-6-8-17(14)30-21)18(26)23-20-25-24-19(31-20)13-10-9-12(27-2)11-15(13)28-3/h5-11,16H,4H2,1-3H3,(H,23,25,26). The van der Waals surface area contributed by atoms with Crippen LogP contribution in [0.1, 0.15) is 13.3 Å². The van der Waals surface area contributed by atoms with E-state index >= 15 is 0 Å². The molecular formula is C21H20N4O3S3. The number of hydrogen-bond donors (Lipinski definition) is 1. The highest BCUT2D eigenvalue weighted by molar-refractivity contribution is 8.02. The number of methoxy groups -OCH3 is 2. The van der Waals surface area contributed by atoms with Gasteiger partial charge >= 0.3 is 0 Å². The van der Waals surface area contributed by atoms with Crippen molar-refractivity contribution < 1.29 is 14.3 Å². The Morgan fingerprint density at radius 3 is 2.71 bits per heavy atom. The number of para-hydroxylation sites is 1. The van der Waals surface area contributed by atoms with E-state index in [1.165, 1.54) is 23.1 Å². The summed E-state index contributed by atoms with van der Waals surface area (Å²) < 4.78 is 12.7. The molecule has 2 heterocycles. The number of anilines is 1. The largest absolute Gasteiger partial charge is 0.497 e. The van der Waals surface area contributed by atoms with Crippen molar-refractivity contribution in [1.82, 2.24) is 15.2 Å². The van der Waals surface area contributed by atoms with Crippen LogP contribution in [0.2, 0.25) is 0 Å². The highest BCUT2D eigenvalue weighted by Crippen LogP contribution is 2.37. The first-order chi connectivity index (χ1) is 15.1. The van der Waals surface area contributed by atoms with E-state index in [9.17, 15) is 4.79 Å². The fourth-order valence-electron chi connectivity index (χ4n) is 2.89. The molecule has 4 rings (SSSR count). The van der Waals surface area contributed by atoms with Crippen LogP contribution in [-0.2, 0) is 4.79 Å². The summed E-state index contributed by atoms with van der Waals surface area (Å²) in [6.45, 7) is 1.98. The third-order valence-corrected chi connectivity index (χ3v) is 7.84. The van der Waals surface area contributed by atoms with E-state index in [2.05, 4.69) is 20.5 Å². The van der Waals surface area contributed by atoms with Crippen molar-refractivity contribution in [3.63, 3.8) is 0 Å². The van der Waals surface area contributed by atoms with Gasteiger partial charge in [0.05, 0.1) is 35.2 Å². The minimum Gasteiger partial charge on any atom is -0.497 e. The molecule has 0 aliphatic rings. The van der Waals surface area contributed by atoms with Gasteiger partial charge in [0, 0.05) is 6.07 Å². The number of benzene rings is 2. The van der Waals surface area contributed by atoms with E-state index in [1.54, 1.807) is 31.6 Å². The first-order valence-electron chi connectivity index (χ1n) is 9.50. The Morgan fingerprint density at radius 1 is 1.13 bits per heavy atom. The van der Waals surface area contributed by atoms with Gasteiger partial charge in [0.15, 0.2) is 9.35 Å². The number of nitrogens with zero attached hydrogens (tertiary/aromatic N) is 3. The van der Waals surface area contributed by atoms with Gasteiger partial charge in [-0.25, -0.2) is 4.98 Å². The van der Waals surface area contributed by atoms with Gasteiger partial charge in [0.1, 0.15) is 11.5 Å². The van der Waals surface area contributed by atoms with Crippen LogP contribution in [0, 0.1) is 0 Å². The molecule has 2 aromatic heterocycles. The highest BCUT2D eigenvalue weighted by Gasteiger charge is 2.22. The van der Waals surface area contributed by atoms with E-state index in [4.69, 9.17) is 9.47 Å². The lowest BCUT2D eigenvalue weighted by Gasteiger charge is -2.11. The van der Waals surface area contributed by atoms with Crippen molar-refractivity contribution in [2.75, 3.05) is 19.5 Å². The number of amides is 1. The number of nitrogens with one attached hydrogen (secondary N) is 1. The zero-order chi connectivity index (χ0) is 21.8. The fourth-order valence-corrected chi connectivity index (χ4v) is 5.90. The molecule has 2 aromatic carbocycles. The quantitative estimate of drug-likeness (QED) is 0.346. The summed E-state index contributed by atoms with van der Waals surface area (Å²) in [7, 11) is 3.19. The van der Waals surface area contributed by atoms with E-state index < -0.39 is 0 Å². The van der Waals surface area contributed by atoms with Crippen LogP contribution in [0.5, 0.6) is 11.5 Å². The first kappa shape index (κ1) is 21.5. The molecule has 1 amide bonds. The van der Waals surface area contributed by atoms with Crippen LogP contribution in [-0.4, -0.2) is 40.6 Å². The lowest BCUT2D eigenvalue weighted by molar-refractivity contribution is -0.115. The molecule has 1 N–H and O–H groups in total. The molecular weight excluding hydrogens is 452 g/mol. The molecule has 1 unspecified atom stereocenters. The number of hydrogen-bond acceptors (Lipinski definition) is 9. The molecule has 7 nitrogen and oxygen atoms in total. The molecule has 0 fully saturated rings. The van der Waals surface area contributed by atoms with Gasteiger partial charge < -0.3 is 9.47 Å². The average Bonchev–Trinajstić information content (AvgIpc) is 3.43. The number of aromatic nitrogens is 3. The second-order valence-corrected chi connectivity index (χ2v) is 9.89. The summed E-state index contributed by atoms with van der Waals surface area (Å²) in [5.41, 5.74) is 1.74. The maximum atomic E-state index is 12.9. The predicted octanol–water partition coefficient (Wildman–Crippen LogP) is 5.34. The highest BCUT2D eigenvalue weighted by atomic mass is 32.2. The molecule has 0 aliphatic carbocycles. The summed E-state index contributed by atoms with van der Waals surface area (Å²) in [5.74, 6) is 1.21. The molecule has 0 spiro atoms. The molecule has 0 saturated carbocycles. The number of carbonyl (C=O) groups excluding carboxylic acids is 1. The third-order valence-electron chi connectivity index (χ3n) is 4.47.